The van der Waals surface area contributed by atoms with Gasteiger partial charge in [-0.15, -0.1) is 0 Å². The summed E-state index contributed by atoms with van der Waals surface area (Å²) in [6.45, 7) is 0.966. The summed E-state index contributed by atoms with van der Waals surface area (Å²) in [6, 6.07) is 12.9. The van der Waals surface area contributed by atoms with Crippen LogP contribution in [0.15, 0.2) is 58.5 Å². The highest BCUT2D eigenvalue weighted by atomic mass is 19.1. The van der Waals surface area contributed by atoms with Crippen molar-refractivity contribution in [1.29, 1.82) is 0 Å². The molecule has 7 heteroatoms. The van der Waals surface area contributed by atoms with E-state index in [2.05, 4.69) is 9.98 Å². The average molecular weight is 373 g/mol. The Morgan fingerprint density at radius 2 is 2.04 bits per heavy atom. The lowest BCUT2D eigenvalue weighted by Gasteiger charge is -2.27. The van der Waals surface area contributed by atoms with Gasteiger partial charge in [0, 0.05) is 17.5 Å². The smallest absolute Gasteiger partial charge is 0.132 e. The van der Waals surface area contributed by atoms with Crippen molar-refractivity contribution in [1.82, 2.24) is 0 Å². The molecule has 2 aromatic carbocycles. The SMILES string of the molecule is NC=NC=NCC1(c2ccc(F)cc2F)CC(COc2ccccc2)CO1. The van der Waals surface area contributed by atoms with Crippen LogP contribution in [0.5, 0.6) is 5.75 Å². The van der Waals surface area contributed by atoms with Gasteiger partial charge in [-0.3, -0.25) is 4.99 Å². The molecular weight excluding hydrogens is 352 g/mol. The summed E-state index contributed by atoms with van der Waals surface area (Å²) >= 11 is 0. The van der Waals surface area contributed by atoms with E-state index >= 15 is 0 Å². The molecule has 1 heterocycles. The number of nitrogens with zero attached hydrogens (tertiary/aromatic N) is 2. The van der Waals surface area contributed by atoms with Crippen LogP contribution in [0.4, 0.5) is 8.78 Å². The first-order valence-electron chi connectivity index (χ1n) is 8.62. The first-order valence-corrected chi connectivity index (χ1v) is 8.62. The van der Waals surface area contributed by atoms with Gasteiger partial charge in [-0.05, 0) is 24.6 Å². The molecule has 1 aliphatic heterocycles. The molecule has 5 nitrogen and oxygen atoms in total. The Morgan fingerprint density at radius 1 is 1.22 bits per heavy atom. The number of benzene rings is 2. The van der Waals surface area contributed by atoms with Gasteiger partial charge in [-0.1, -0.05) is 24.3 Å². The van der Waals surface area contributed by atoms with E-state index in [1.54, 1.807) is 0 Å². The van der Waals surface area contributed by atoms with Crippen molar-refractivity contribution in [3.05, 3.63) is 65.7 Å². The summed E-state index contributed by atoms with van der Waals surface area (Å²) in [4.78, 5) is 7.89. The van der Waals surface area contributed by atoms with Crippen molar-refractivity contribution in [3.8, 4) is 5.75 Å². The van der Waals surface area contributed by atoms with Crippen LogP contribution < -0.4 is 10.5 Å². The van der Waals surface area contributed by atoms with Gasteiger partial charge in [-0.2, -0.15) is 0 Å². The molecule has 0 spiro atoms. The summed E-state index contributed by atoms with van der Waals surface area (Å²) in [5.41, 5.74) is 4.47. The minimum atomic E-state index is -0.997. The van der Waals surface area contributed by atoms with E-state index in [0.717, 1.165) is 18.2 Å². The quantitative estimate of drug-likeness (QED) is 0.598. The Labute approximate surface area is 156 Å². The highest BCUT2D eigenvalue weighted by Gasteiger charge is 2.43. The van der Waals surface area contributed by atoms with Crippen molar-refractivity contribution in [2.75, 3.05) is 19.8 Å². The summed E-state index contributed by atoms with van der Waals surface area (Å²) in [5, 5.41) is 0. The van der Waals surface area contributed by atoms with Gasteiger partial charge in [0.2, 0.25) is 0 Å². The predicted molar refractivity (Wildman–Crippen MR) is 100 cm³/mol. The van der Waals surface area contributed by atoms with Crippen LogP contribution in [0.25, 0.3) is 0 Å². The lowest BCUT2D eigenvalue weighted by Crippen LogP contribution is -2.30. The Balaban J connectivity index is 1.76. The van der Waals surface area contributed by atoms with E-state index in [0.29, 0.717) is 19.6 Å². The van der Waals surface area contributed by atoms with Crippen LogP contribution in [-0.4, -0.2) is 32.4 Å². The number of rotatable bonds is 7. The van der Waals surface area contributed by atoms with E-state index in [1.165, 1.54) is 18.5 Å². The summed E-state index contributed by atoms with van der Waals surface area (Å²) in [5.74, 6) is -0.483. The van der Waals surface area contributed by atoms with Crippen molar-refractivity contribution >= 4 is 12.7 Å². The number of hydrogen-bond acceptors (Lipinski definition) is 3. The largest absolute Gasteiger partial charge is 0.493 e. The maximum atomic E-state index is 14.4. The molecule has 2 atom stereocenters. The van der Waals surface area contributed by atoms with Gasteiger partial charge in [-0.25, -0.2) is 13.8 Å². The molecule has 3 rings (SSSR count). The second kappa shape index (κ2) is 8.73. The maximum Gasteiger partial charge on any atom is 0.132 e. The highest BCUT2D eigenvalue weighted by molar-refractivity contribution is 5.69. The van der Waals surface area contributed by atoms with Crippen LogP contribution in [0.1, 0.15) is 12.0 Å². The van der Waals surface area contributed by atoms with Gasteiger partial charge in [0.1, 0.15) is 29.3 Å². The van der Waals surface area contributed by atoms with Gasteiger partial charge in [0.05, 0.1) is 26.1 Å². The number of nitrogens with two attached hydrogens (primary N) is 1. The molecule has 0 aromatic heterocycles. The molecule has 0 bridgehead atoms. The topological polar surface area (TPSA) is 69.2 Å². The zero-order chi connectivity index (χ0) is 19.1. The van der Waals surface area contributed by atoms with Gasteiger partial charge < -0.3 is 15.2 Å². The average Bonchev–Trinajstić information content (AvgIpc) is 3.09. The fraction of sp³-hybridized carbons (Fsp3) is 0.300. The molecule has 0 saturated carbocycles. The number of para-hydroxylation sites is 1. The number of ether oxygens (including phenoxy) is 2. The third-order valence-electron chi connectivity index (χ3n) is 4.45. The molecule has 1 saturated heterocycles. The van der Waals surface area contributed by atoms with E-state index in [9.17, 15) is 8.78 Å². The minimum absolute atomic E-state index is 0.0443. The molecule has 0 radical (unpaired) electrons. The van der Waals surface area contributed by atoms with E-state index in [1.807, 2.05) is 30.3 Å². The molecular formula is C20H21F2N3O2. The highest BCUT2D eigenvalue weighted by Crippen LogP contribution is 2.41. The Hall–Kier alpha value is -2.80. The van der Waals surface area contributed by atoms with E-state index in [4.69, 9.17) is 15.2 Å². The molecule has 1 aliphatic rings. The second-order valence-corrected chi connectivity index (χ2v) is 6.38. The van der Waals surface area contributed by atoms with Crippen LogP contribution in [-0.2, 0) is 10.3 Å². The molecule has 1 fully saturated rings. The fourth-order valence-corrected chi connectivity index (χ4v) is 3.22. The predicted octanol–water partition coefficient (Wildman–Crippen LogP) is 3.29. The zero-order valence-electron chi connectivity index (χ0n) is 14.7. The molecule has 27 heavy (non-hydrogen) atoms. The number of halogens is 2. The normalized spacial score (nSPS) is 22.7. The summed E-state index contributed by atoms with van der Waals surface area (Å²) in [6.07, 6.45) is 2.90. The third-order valence-corrected chi connectivity index (χ3v) is 4.45. The maximum absolute atomic E-state index is 14.4. The number of aliphatic imine (C=N–C) groups is 2. The number of hydrogen-bond donors (Lipinski definition) is 1. The van der Waals surface area contributed by atoms with Crippen LogP contribution in [0.3, 0.4) is 0 Å². The monoisotopic (exact) mass is 373 g/mol. The van der Waals surface area contributed by atoms with Crippen molar-refractivity contribution in [2.24, 2.45) is 21.6 Å². The third kappa shape index (κ3) is 4.68. The zero-order valence-corrected chi connectivity index (χ0v) is 14.7. The van der Waals surface area contributed by atoms with Gasteiger partial charge >= 0.3 is 0 Å². The van der Waals surface area contributed by atoms with Crippen molar-refractivity contribution in [2.45, 2.75) is 12.0 Å². The molecule has 0 aliphatic carbocycles. The van der Waals surface area contributed by atoms with Crippen LogP contribution in [0, 0.1) is 17.6 Å². The molecule has 2 unspecified atom stereocenters. The van der Waals surface area contributed by atoms with Gasteiger partial charge in [0.25, 0.3) is 0 Å². The molecule has 2 N–H and O–H groups in total. The Bertz CT molecular complexity index is 814. The van der Waals surface area contributed by atoms with Gasteiger partial charge in [0.15, 0.2) is 0 Å². The first-order chi connectivity index (χ1) is 13.1. The van der Waals surface area contributed by atoms with E-state index in [-0.39, 0.29) is 18.0 Å². The minimum Gasteiger partial charge on any atom is -0.493 e. The molecule has 0 amide bonds. The van der Waals surface area contributed by atoms with Crippen molar-refractivity contribution < 1.29 is 18.3 Å². The van der Waals surface area contributed by atoms with Crippen LogP contribution >= 0.6 is 0 Å². The Morgan fingerprint density at radius 3 is 2.78 bits per heavy atom. The molecule has 142 valence electrons. The van der Waals surface area contributed by atoms with E-state index < -0.39 is 17.2 Å². The lowest BCUT2D eigenvalue weighted by molar-refractivity contribution is 0.00416. The fourth-order valence-electron chi connectivity index (χ4n) is 3.22. The second-order valence-electron chi connectivity index (χ2n) is 6.38. The standard InChI is InChI=1S/C20H21F2N3O2/c21-16-6-7-18(19(22)8-16)20(12-24-14-25-13-23)9-15(11-27-20)10-26-17-4-2-1-3-5-17/h1-8,13-15H,9-12H2,(H2,23,24,25). The Kier molecular flexibility index (Phi) is 6.13. The summed E-state index contributed by atoms with van der Waals surface area (Å²) in [7, 11) is 0. The van der Waals surface area contributed by atoms with Crippen molar-refractivity contribution in [3.63, 3.8) is 0 Å². The lowest BCUT2D eigenvalue weighted by atomic mass is 9.87. The summed E-state index contributed by atoms with van der Waals surface area (Å²) < 4.78 is 39.6. The van der Waals surface area contributed by atoms with Crippen LogP contribution in [0.2, 0.25) is 0 Å². The first kappa shape index (κ1) is 19.0. The molecule has 2 aromatic rings.